The van der Waals surface area contributed by atoms with E-state index in [0.29, 0.717) is 35.0 Å². The first-order valence-corrected chi connectivity index (χ1v) is 13.2. The van der Waals surface area contributed by atoms with E-state index in [9.17, 15) is 19.1 Å². The van der Waals surface area contributed by atoms with Crippen molar-refractivity contribution >= 4 is 17.4 Å². The Balaban J connectivity index is 1.80. The summed E-state index contributed by atoms with van der Waals surface area (Å²) in [7, 11) is 0. The molecule has 3 aromatic rings. The molecule has 6 heteroatoms. The number of amides is 1. The van der Waals surface area contributed by atoms with E-state index in [0.717, 1.165) is 11.1 Å². The summed E-state index contributed by atoms with van der Waals surface area (Å²) in [6, 6.07) is 18.0. The summed E-state index contributed by atoms with van der Waals surface area (Å²) in [6.45, 7) is 13.0. The van der Waals surface area contributed by atoms with Crippen molar-refractivity contribution in [3.63, 3.8) is 0 Å². The predicted octanol–water partition coefficient (Wildman–Crippen LogP) is 7.09. The number of carbonyl (C=O) groups excluding carboxylic acids is 2. The number of ether oxygens (including phenoxy) is 1. The minimum atomic E-state index is -0.804. The number of aliphatic hydroxyl groups is 1. The van der Waals surface area contributed by atoms with E-state index in [1.807, 2.05) is 31.2 Å². The van der Waals surface area contributed by atoms with Crippen LogP contribution in [0.25, 0.3) is 5.76 Å². The fraction of sp³-hybridized carbons (Fsp3) is 0.333. The molecule has 4 rings (SSSR count). The number of nitrogens with zero attached hydrogens (tertiary/aromatic N) is 1. The van der Waals surface area contributed by atoms with Crippen molar-refractivity contribution in [1.82, 2.24) is 4.90 Å². The maximum absolute atomic E-state index is 13.5. The molecule has 0 aliphatic carbocycles. The van der Waals surface area contributed by atoms with Crippen LogP contribution in [0.3, 0.4) is 0 Å². The SMILES string of the molecule is Cc1cc(/C(O)=C2/C(=O)C(=O)N(Cc3ccc(F)cc3)C2c2ccc(C(C)(C)C)cc2)ccc1OCC(C)C. The third-order valence-electron chi connectivity index (χ3n) is 6.92. The lowest BCUT2D eigenvalue weighted by Gasteiger charge is -2.26. The Morgan fingerprint density at radius 1 is 1.00 bits per heavy atom. The van der Waals surface area contributed by atoms with E-state index in [4.69, 9.17) is 4.74 Å². The largest absolute Gasteiger partial charge is 0.507 e. The topological polar surface area (TPSA) is 66.8 Å². The standard InChI is InChI=1S/C33H36FNO4/c1-20(2)19-39-27-16-11-24(17-21(27)3)30(36)28-29(23-9-12-25(13-10-23)33(4,5)6)35(32(38)31(28)37)18-22-7-14-26(34)15-8-22/h7-17,20,29,36H,18-19H2,1-6H3/b30-28-. The Labute approximate surface area is 229 Å². The van der Waals surface area contributed by atoms with Gasteiger partial charge in [0.15, 0.2) is 0 Å². The smallest absolute Gasteiger partial charge is 0.295 e. The highest BCUT2D eigenvalue weighted by atomic mass is 19.1. The molecule has 1 saturated heterocycles. The lowest BCUT2D eigenvalue weighted by atomic mass is 9.85. The number of aliphatic hydroxyl groups excluding tert-OH is 1. The summed E-state index contributed by atoms with van der Waals surface area (Å²) >= 11 is 0. The number of ketones is 1. The molecule has 1 aliphatic rings. The highest BCUT2D eigenvalue weighted by Crippen LogP contribution is 2.41. The first kappa shape index (κ1) is 28.1. The van der Waals surface area contributed by atoms with Crippen LogP contribution in [0, 0.1) is 18.7 Å². The average molecular weight is 530 g/mol. The van der Waals surface area contributed by atoms with Gasteiger partial charge in [0.25, 0.3) is 11.7 Å². The van der Waals surface area contributed by atoms with Gasteiger partial charge < -0.3 is 14.7 Å². The number of aryl methyl sites for hydroxylation is 1. The summed E-state index contributed by atoms with van der Waals surface area (Å²) < 4.78 is 19.4. The van der Waals surface area contributed by atoms with E-state index >= 15 is 0 Å². The zero-order chi connectivity index (χ0) is 28.5. The Bertz CT molecular complexity index is 1400. The summed E-state index contributed by atoms with van der Waals surface area (Å²) in [4.78, 5) is 28.2. The lowest BCUT2D eigenvalue weighted by Crippen LogP contribution is -2.29. The van der Waals surface area contributed by atoms with Crippen molar-refractivity contribution in [3.8, 4) is 5.75 Å². The molecule has 0 aromatic heterocycles. The number of rotatable bonds is 7. The number of carbonyl (C=O) groups is 2. The molecule has 204 valence electrons. The van der Waals surface area contributed by atoms with Gasteiger partial charge in [0.1, 0.15) is 17.3 Å². The zero-order valence-electron chi connectivity index (χ0n) is 23.4. The quantitative estimate of drug-likeness (QED) is 0.202. The van der Waals surface area contributed by atoms with Crippen molar-refractivity contribution in [2.45, 2.75) is 59.5 Å². The maximum atomic E-state index is 13.5. The molecule has 1 aliphatic heterocycles. The number of hydrogen-bond donors (Lipinski definition) is 1. The minimum Gasteiger partial charge on any atom is -0.507 e. The van der Waals surface area contributed by atoms with Gasteiger partial charge in [-0.3, -0.25) is 9.59 Å². The van der Waals surface area contributed by atoms with E-state index in [-0.39, 0.29) is 29.1 Å². The van der Waals surface area contributed by atoms with Crippen LogP contribution in [-0.2, 0) is 21.5 Å². The van der Waals surface area contributed by atoms with Crippen LogP contribution in [0.4, 0.5) is 4.39 Å². The van der Waals surface area contributed by atoms with E-state index in [2.05, 4.69) is 34.6 Å². The van der Waals surface area contributed by atoms with Gasteiger partial charge in [0.05, 0.1) is 18.2 Å². The molecule has 5 nitrogen and oxygen atoms in total. The fourth-order valence-electron chi connectivity index (χ4n) is 4.71. The third kappa shape index (κ3) is 6.06. The number of benzene rings is 3. The van der Waals surface area contributed by atoms with Gasteiger partial charge in [0.2, 0.25) is 0 Å². The molecule has 1 heterocycles. The maximum Gasteiger partial charge on any atom is 0.295 e. The molecule has 0 saturated carbocycles. The Kier molecular flexibility index (Phi) is 7.96. The molecule has 0 radical (unpaired) electrons. The van der Waals surface area contributed by atoms with Crippen molar-refractivity contribution < 1.29 is 23.8 Å². The van der Waals surface area contributed by atoms with Crippen LogP contribution >= 0.6 is 0 Å². The molecule has 0 spiro atoms. The monoisotopic (exact) mass is 529 g/mol. The highest BCUT2D eigenvalue weighted by Gasteiger charge is 2.46. The second-order valence-corrected chi connectivity index (χ2v) is 11.6. The molecule has 1 amide bonds. The summed E-state index contributed by atoms with van der Waals surface area (Å²) in [6.07, 6.45) is 0. The first-order chi connectivity index (χ1) is 18.4. The van der Waals surface area contributed by atoms with E-state index < -0.39 is 17.7 Å². The van der Waals surface area contributed by atoms with Crippen molar-refractivity contribution in [1.29, 1.82) is 0 Å². The van der Waals surface area contributed by atoms with Crippen LogP contribution in [0.2, 0.25) is 0 Å². The van der Waals surface area contributed by atoms with Crippen LogP contribution in [0.5, 0.6) is 5.75 Å². The number of hydrogen-bond acceptors (Lipinski definition) is 4. The zero-order valence-corrected chi connectivity index (χ0v) is 23.4. The van der Waals surface area contributed by atoms with Crippen LogP contribution in [-0.4, -0.2) is 28.3 Å². The van der Waals surface area contributed by atoms with Crippen molar-refractivity contribution in [2.24, 2.45) is 5.92 Å². The van der Waals surface area contributed by atoms with Gasteiger partial charge in [-0.1, -0.05) is 71.0 Å². The van der Waals surface area contributed by atoms with Crippen molar-refractivity contribution in [2.75, 3.05) is 6.61 Å². The van der Waals surface area contributed by atoms with Gasteiger partial charge in [-0.2, -0.15) is 0 Å². The van der Waals surface area contributed by atoms with Crippen molar-refractivity contribution in [3.05, 3.63) is 106 Å². The van der Waals surface area contributed by atoms with Gasteiger partial charge in [-0.05, 0) is 70.8 Å². The van der Waals surface area contributed by atoms with Gasteiger partial charge in [0, 0.05) is 12.1 Å². The second-order valence-electron chi connectivity index (χ2n) is 11.6. The number of likely N-dealkylation sites (tertiary alicyclic amines) is 1. The Hall–Kier alpha value is -3.93. The fourth-order valence-corrected chi connectivity index (χ4v) is 4.71. The normalized spacial score (nSPS) is 17.2. The molecular formula is C33H36FNO4. The first-order valence-electron chi connectivity index (χ1n) is 13.2. The lowest BCUT2D eigenvalue weighted by molar-refractivity contribution is -0.140. The molecule has 3 aromatic carbocycles. The van der Waals surface area contributed by atoms with Gasteiger partial charge in [-0.25, -0.2) is 4.39 Å². The third-order valence-corrected chi connectivity index (χ3v) is 6.92. The predicted molar refractivity (Wildman–Crippen MR) is 151 cm³/mol. The minimum absolute atomic E-state index is 0.0286. The molecule has 1 fully saturated rings. The molecule has 0 bridgehead atoms. The molecule has 39 heavy (non-hydrogen) atoms. The van der Waals surface area contributed by atoms with Gasteiger partial charge in [-0.15, -0.1) is 0 Å². The van der Waals surface area contributed by atoms with Crippen LogP contribution < -0.4 is 4.74 Å². The van der Waals surface area contributed by atoms with Crippen LogP contribution in [0.15, 0.2) is 72.3 Å². The van der Waals surface area contributed by atoms with Crippen LogP contribution in [0.1, 0.15) is 68.5 Å². The Morgan fingerprint density at radius 3 is 2.21 bits per heavy atom. The summed E-state index contributed by atoms with van der Waals surface area (Å²) in [5, 5.41) is 11.5. The highest BCUT2D eigenvalue weighted by molar-refractivity contribution is 6.46. The summed E-state index contributed by atoms with van der Waals surface area (Å²) in [5.74, 6) is -1.02. The second kappa shape index (κ2) is 11.0. The van der Waals surface area contributed by atoms with E-state index in [1.165, 1.54) is 17.0 Å². The molecule has 1 N–H and O–H groups in total. The average Bonchev–Trinajstić information content (AvgIpc) is 3.13. The molecular weight excluding hydrogens is 493 g/mol. The van der Waals surface area contributed by atoms with E-state index in [1.54, 1.807) is 30.3 Å². The van der Waals surface area contributed by atoms with Gasteiger partial charge >= 0.3 is 0 Å². The molecule has 1 unspecified atom stereocenters. The number of halogens is 1. The Morgan fingerprint density at radius 2 is 1.64 bits per heavy atom. The number of Topliss-reactive ketones (excluding diaryl/α,β-unsaturated/α-hetero) is 1. The molecule has 1 atom stereocenters. The summed E-state index contributed by atoms with van der Waals surface area (Å²) in [5.41, 5.74) is 3.68.